The van der Waals surface area contributed by atoms with E-state index in [9.17, 15) is 24.0 Å². The van der Waals surface area contributed by atoms with Crippen LogP contribution in [0.15, 0.2) is 29.4 Å². The second-order valence-electron chi connectivity index (χ2n) is 14.8. The van der Waals surface area contributed by atoms with Crippen LogP contribution in [0.5, 0.6) is 0 Å². The van der Waals surface area contributed by atoms with Crippen molar-refractivity contribution in [1.29, 1.82) is 0 Å². The maximum atomic E-state index is 14.4. The molecular weight excluding hydrogens is 612 g/mol. The predicted molar refractivity (Wildman–Crippen MR) is 174 cm³/mol. The summed E-state index contributed by atoms with van der Waals surface area (Å²) in [5, 5.41) is 16.0. The second-order valence-corrected chi connectivity index (χ2v) is 15.2. The van der Waals surface area contributed by atoms with Gasteiger partial charge in [-0.3, -0.25) is 19.2 Å². The van der Waals surface area contributed by atoms with Gasteiger partial charge in [0.05, 0.1) is 18.3 Å². The standard InChI is InChI=1S/C33H47ClN6O6/c1-8-10-22(25(41)28(43)35-21-13-14-21)36-27(42)24-17-33(16-23(39-46-33)19-11-9-12-20(34)15-19)18-40(24)29(44)26(31(2,3)4)37-30(45)38-32(5,6)7/h9,11-12,15,21-22,24,26H,8,10,13-14,16-18H2,1-7H3,(H,35,43)(H,36,42)(H2,37,38,45)/t22-,24-,26+,33+/m0/s1. The Balaban J connectivity index is 1.61. The minimum Gasteiger partial charge on any atom is -0.387 e. The van der Waals surface area contributed by atoms with Crippen LogP contribution in [0, 0.1) is 5.41 Å². The van der Waals surface area contributed by atoms with Gasteiger partial charge < -0.3 is 31.0 Å². The average molecular weight is 659 g/mol. The van der Waals surface area contributed by atoms with E-state index in [-0.39, 0.29) is 25.4 Å². The van der Waals surface area contributed by atoms with Crippen LogP contribution in [0.1, 0.15) is 92.6 Å². The van der Waals surface area contributed by atoms with Crippen molar-refractivity contribution in [3.8, 4) is 0 Å². The summed E-state index contributed by atoms with van der Waals surface area (Å²) >= 11 is 6.22. The van der Waals surface area contributed by atoms with Crippen molar-refractivity contribution >= 4 is 46.8 Å². The Labute approximate surface area is 275 Å². The van der Waals surface area contributed by atoms with Gasteiger partial charge in [0.15, 0.2) is 5.60 Å². The summed E-state index contributed by atoms with van der Waals surface area (Å²) in [6.07, 6.45) is 2.84. The lowest BCUT2D eigenvalue weighted by Gasteiger charge is -2.36. The maximum Gasteiger partial charge on any atom is 0.315 e. The number of likely N-dealkylation sites (tertiary alicyclic amines) is 1. The fraction of sp³-hybridized carbons (Fsp3) is 0.636. The van der Waals surface area contributed by atoms with Crippen LogP contribution < -0.4 is 21.3 Å². The SMILES string of the molecule is CCC[C@H](NC(=O)[C@@H]1C[C@]2(CC(c3cccc(Cl)c3)=NO2)CN1C(=O)[C@@H](NC(=O)NC(C)(C)C)C(C)(C)C)C(=O)C(=O)NC1CC1. The molecule has 0 radical (unpaired) electrons. The van der Waals surface area contributed by atoms with Gasteiger partial charge in [-0.05, 0) is 57.6 Å². The van der Waals surface area contributed by atoms with Gasteiger partial charge in [0.1, 0.15) is 12.1 Å². The highest BCUT2D eigenvalue weighted by atomic mass is 35.5. The van der Waals surface area contributed by atoms with E-state index in [0.29, 0.717) is 23.6 Å². The molecule has 0 aromatic heterocycles. The first-order valence-electron chi connectivity index (χ1n) is 16.0. The summed E-state index contributed by atoms with van der Waals surface area (Å²) in [5.41, 5.74) is -0.920. The Morgan fingerprint density at radius 1 is 1.09 bits per heavy atom. The molecule has 4 N–H and O–H groups in total. The first-order chi connectivity index (χ1) is 21.4. The van der Waals surface area contributed by atoms with E-state index < -0.39 is 64.2 Å². The molecule has 252 valence electrons. The van der Waals surface area contributed by atoms with Crippen molar-refractivity contribution in [2.45, 2.75) is 122 Å². The number of nitrogens with zero attached hydrogens (tertiary/aromatic N) is 2. The number of ketones is 1. The summed E-state index contributed by atoms with van der Waals surface area (Å²) in [7, 11) is 0. The number of Topliss-reactive ketones (excluding diaryl/α,β-unsaturated/α-hetero) is 1. The maximum absolute atomic E-state index is 14.4. The van der Waals surface area contributed by atoms with Crippen LogP contribution in [0.3, 0.4) is 0 Å². The molecule has 2 fully saturated rings. The number of hydrogen-bond acceptors (Lipinski definition) is 7. The van der Waals surface area contributed by atoms with Crippen LogP contribution in [0.25, 0.3) is 0 Å². The van der Waals surface area contributed by atoms with Crippen molar-refractivity contribution in [2.75, 3.05) is 6.54 Å². The highest BCUT2D eigenvalue weighted by Gasteiger charge is 2.55. The molecule has 2 heterocycles. The van der Waals surface area contributed by atoms with E-state index in [1.807, 2.05) is 54.5 Å². The zero-order valence-corrected chi connectivity index (χ0v) is 28.5. The molecule has 4 rings (SSSR count). The number of benzene rings is 1. The van der Waals surface area contributed by atoms with Crippen LogP contribution in [0.4, 0.5) is 4.79 Å². The molecule has 4 atom stereocenters. The zero-order chi connectivity index (χ0) is 34.0. The second kappa shape index (κ2) is 13.6. The number of nitrogens with one attached hydrogen (secondary N) is 4. The molecule has 5 amide bonds. The number of rotatable bonds is 10. The largest absolute Gasteiger partial charge is 0.387 e. The fourth-order valence-corrected chi connectivity index (χ4v) is 5.93. The van der Waals surface area contributed by atoms with E-state index >= 15 is 0 Å². The minimum absolute atomic E-state index is 0.0113. The number of oxime groups is 1. The molecule has 13 heteroatoms. The normalized spacial score (nSPS) is 22.4. The van der Waals surface area contributed by atoms with Crippen molar-refractivity contribution in [1.82, 2.24) is 26.2 Å². The topological polar surface area (TPSA) is 158 Å². The van der Waals surface area contributed by atoms with Gasteiger partial charge in [0, 0.05) is 35.0 Å². The average Bonchev–Trinajstić information content (AvgIpc) is 3.54. The Kier molecular flexibility index (Phi) is 10.4. The summed E-state index contributed by atoms with van der Waals surface area (Å²) in [5.74, 6) is -2.50. The number of urea groups is 1. The number of carbonyl (C=O) groups excluding carboxylic acids is 5. The lowest BCUT2D eigenvalue weighted by molar-refractivity contribution is -0.144. The highest BCUT2D eigenvalue weighted by molar-refractivity contribution is 6.38. The van der Waals surface area contributed by atoms with Gasteiger partial charge in [0.2, 0.25) is 17.6 Å². The number of halogens is 1. The Morgan fingerprint density at radius 2 is 1.78 bits per heavy atom. The van der Waals surface area contributed by atoms with E-state index in [2.05, 4.69) is 26.4 Å². The van der Waals surface area contributed by atoms with E-state index in [1.54, 1.807) is 18.2 Å². The molecule has 3 aliphatic rings. The lowest BCUT2D eigenvalue weighted by atomic mass is 9.85. The summed E-state index contributed by atoms with van der Waals surface area (Å²) in [6.45, 7) is 12.9. The quantitative estimate of drug-likeness (QED) is 0.282. The molecule has 1 spiro atoms. The molecule has 1 saturated carbocycles. The molecule has 0 bridgehead atoms. The smallest absolute Gasteiger partial charge is 0.315 e. The lowest BCUT2D eigenvalue weighted by Crippen LogP contribution is -2.61. The molecule has 0 unspecified atom stereocenters. The first kappa shape index (κ1) is 35.2. The fourth-order valence-electron chi connectivity index (χ4n) is 5.74. The number of amides is 5. The highest BCUT2D eigenvalue weighted by Crippen LogP contribution is 2.40. The van der Waals surface area contributed by atoms with Crippen molar-refractivity contribution in [3.05, 3.63) is 34.9 Å². The van der Waals surface area contributed by atoms with Crippen molar-refractivity contribution < 1.29 is 28.8 Å². The van der Waals surface area contributed by atoms with Gasteiger partial charge >= 0.3 is 6.03 Å². The molecule has 12 nitrogen and oxygen atoms in total. The molecule has 46 heavy (non-hydrogen) atoms. The van der Waals surface area contributed by atoms with E-state index in [0.717, 1.165) is 18.4 Å². The van der Waals surface area contributed by atoms with Crippen LogP contribution in [0.2, 0.25) is 5.02 Å². The van der Waals surface area contributed by atoms with Gasteiger partial charge in [-0.25, -0.2) is 4.79 Å². The molecular formula is C33H47ClN6O6. The van der Waals surface area contributed by atoms with Gasteiger partial charge in [-0.1, -0.05) is 63.0 Å². The third kappa shape index (κ3) is 8.77. The molecule has 1 aromatic rings. The Hall–Kier alpha value is -3.67. The summed E-state index contributed by atoms with van der Waals surface area (Å²) in [4.78, 5) is 74.5. The summed E-state index contributed by atoms with van der Waals surface area (Å²) in [6, 6.07) is 3.53. The predicted octanol–water partition coefficient (Wildman–Crippen LogP) is 3.45. The molecule has 1 saturated heterocycles. The van der Waals surface area contributed by atoms with Crippen LogP contribution >= 0.6 is 11.6 Å². The third-order valence-electron chi connectivity index (χ3n) is 8.21. The van der Waals surface area contributed by atoms with Crippen LogP contribution in [-0.4, -0.2) is 82.0 Å². The van der Waals surface area contributed by atoms with Crippen molar-refractivity contribution in [2.24, 2.45) is 10.6 Å². The van der Waals surface area contributed by atoms with Crippen molar-refractivity contribution in [3.63, 3.8) is 0 Å². The number of carbonyl (C=O) groups is 5. The Morgan fingerprint density at radius 3 is 2.37 bits per heavy atom. The van der Waals surface area contributed by atoms with Crippen LogP contribution in [-0.2, 0) is 24.0 Å². The van der Waals surface area contributed by atoms with Gasteiger partial charge in [-0.15, -0.1) is 0 Å². The summed E-state index contributed by atoms with van der Waals surface area (Å²) < 4.78 is 0. The minimum atomic E-state index is -1.06. The van der Waals surface area contributed by atoms with E-state index in [4.69, 9.17) is 16.4 Å². The van der Waals surface area contributed by atoms with Gasteiger partial charge in [0.25, 0.3) is 5.91 Å². The molecule has 1 aromatic carbocycles. The van der Waals surface area contributed by atoms with Gasteiger partial charge in [-0.2, -0.15) is 0 Å². The van der Waals surface area contributed by atoms with E-state index in [1.165, 1.54) is 4.90 Å². The zero-order valence-electron chi connectivity index (χ0n) is 27.8. The Bertz CT molecular complexity index is 1400. The number of hydrogen-bond donors (Lipinski definition) is 4. The first-order valence-corrected chi connectivity index (χ1v) is 16.3. The third-order valence-corrected chi connectivity index (χ3v) is 8.44. The monoisotopic (exact) mass is 658 g/mol. The molecule has 2 aliphatic heterocycles. The molecule has 1 aliphatic carbocycles.